The molecule has 6 heteroatoms. The molecule has 0 spiro atoms. The molecule has 6 nitrogen and oxygen atoms in total. The molecule has 0 radical (unpaired) electrons. The number of phenolic OH excluding ortho intramolecular Hbond substituents is 2. The number of aromatic hydroxyl groups is 2. The molecule has 0 unspecified atom stereocenters. The highest BCUT2D eigenvalue weighted by molar-refractivity contribution is 6.07. The van der Waals surface area contributed by atoms with Crippen LogP contribution < -0.4 is 15.8 Å². The van der Waals surface area contributed by atoms with Gasteiger partial charge < -0.3 is 26.0 Å². The van der Waals surface area contributed by atoms with Crippen molar-refractivity contribution in [2.45, 2.75) is 0 Å². The molecule has 0 aliphatic carbocycles. The van der Waals surface area contributed by atoms with Crippen LogP contribution in [0.5, 0.6) is 17.2 Å². The molecule has 20 heavy (non-hydrogen) atoms. The number of amides is 1. The minimum atomic E-state index is -0.568. The Morgan fingerprint density at radius 3 is 2.65 bits per heavy atom. The van der Waals surface area contributed by atoms with Gasteiger partial charge in [0.1, 0.15) is 17.2 Å². The van der Waals surface area contributed by atoms with E-state index in [1.54, 1.807) is 18.2 Å². The molecular formula is C14H14N2O4. The summed E-state index contributed by atoms with van der Waals surface area (Å²) in [5, 5.41) is 21.6. The van der Waals surface area contributed by atoms with Crippen LogP contribution in [0.25, 0.3) is 0 Å². The quantitative estimate of drug-likeness (QED) is 0.505. The zero-order valence-corrected chi connectivity index (χ0v) is 10.8. The van der Waals surface area contributed by atoms with Gasteiger partial charge in [-0.15, -0.1) is 0 Å². The zero-order valence-electron chi connectivity index (χ0n) is 10.8. The molecule has 0 aliphatic heterocycles. The van der Waals surface area contributed by atoms with Crippen LogP contribution in [0.15, 0.2) is 36.4 Å². The van der Waals surface area contributed by atoms with E-state index in [1.165, 1.54) is 25.3 Å². The molecule has 1 amide bonds. The van der Waals surface area contributed by atoms with Crippen LogP contribution in [0.1, 0.15) is 10.4 Å². The van der Waals surface area contributed by atoms with Crippen molar-refractivity contribution in [1.82, 2.24) is 0 Å². The summed E-state index contributed by atoms with van der Waals surface area (Å²) in [5.74, 6) is -0.508. The van der Waals surface area contributed by atoms with Gasteiger partial charge in [0, 0.05) is 11.8 Å². The van der Waals surface area contributed by atoms with Crippen molar-refractivity contribution in [3.63, 3.8) is 0 Å². The van der Waals surface area contributed by atoms with Gasteiger partial charge in [0.2, 0.25) is 0 Å². The number of phenols is 2. The molecule has 0 atom stereocenters. The molecule has 5 N–H and O–H groups in total. The standard InChI is InChI=1S/C14H14N2O4/c1-20-13-6-8(15)2-4-11(13)16-14(19)10-7-9(17)3-5-12(10)18/h2-7,17-18H,15H2,1H3,(H,16,19). The minimum absolute atomic E-state index is 0.0381. The van der Waals surface area contributed by atoms with E-state index < -0.39 is 5.91 Å². The molecule has 2 aromatic carbocycles. The van der Waals surface area contributed by atoms with E-state index >= 15 is 0 Å². The molecule has 0 saturated carbocycles. The molecule has 0 heterocycles. The predicted molar refractivity (Wildman–Crippen MR) is 75.1 cm³/mol. The summed E-state index contributed by atoms with van der Waals surface area (Å²) in [6, 6.07) is 8.47. The first-order valence-corrected chi connectivity index (χ1v) is 5.78. The maximum absolute atomic E-state index is 12.1. The number of anilines is 2. The van der Waals surface area contributed by atoms with Crippen molar-refractivity contribution in [2.75, 3.05) is 18.2 Å². The lowest BCUT2D eigenvalue weighted by atomic mass is 10.1. The van der Waals surface area contributed by atoms with Gasteiger partial charge in [0.05, 0.1) is 18.4 Å². The van der Waals surface area contributed by atoms with Gasteiger partial charge >= 0.3 is 0 Å². The van der Waals surface area contributed by atoms with Crippen LogP contribution in [-0.4, -0.2) is 23.2 Å². The SMILES string of the molecule is COc1cc(N)ccc1NC(=O)c1cc(O)ccc1O. The fourth-order valence-electron chi connectivity index (χ4n) is 1.71. The fourth-order valence-corrected chi connectivity index (χ4v) is 1.71. The summed E-state index contributed by atoms with van der Waals surface area (Å²) >= 11 is 0. The molecule has 0 saturated heterocycles. The third-order valence-electron chi connectivity index (χ3n) is 2.70. The van der Waals surface area contributed by atoms with E-state index in [4.69, 9.17) is 10.5 Å². The van der Waals surface area contributed by atoms with E-state index in [0.29, 0.717) is 17.1 Å². The molecule has 2 rings (SSSR count). The van der Waals surface area contributed by atoms with Crippen LogP contribution in [0.3, 0.4) is 0 Å². The van der Waals surface area contributed by atoms with Crippen molar-refractivity contribution < 1.29 is 19.7 Å². The monoisotopic (exact) mass is 274 g/mol. The van der Waals surface area contributed by atoms with Crippen molar-refractivity contribution in [3.8, 4) is 17.2 Å². The lowest BCUT2D eigenvalue weighted by molar-refractivity contribution is 0.102. The zero-order chi connectivity index (χ0) is 14.7. The smallest absolute Gasteiger partial charge is 0.259 e. The van der Waals surface area contributed by atoms with E-state index in [9.17, 15) is 15.0 Å². The van der Waals surface area contributed by atoms with Crippen LogP contribution in [0, 0.1) is 0 Å². The summed E-state index contributed by atoms with van der Waals surface area (Å²) in [6.45, 7) is 0. The molecule has 0 fully saturated rings. The van der Waals surface area contributed by atoms with Gasteiger partial charge in [-0.3, -0.25) is 4.79 Å². The summed E-state index contributed by atoms with van der Waals surface area (Å²) in [6.07, 6.45) is 0. The highest BCUT2D eigenvalue weighted by Crippen LogP contribution is 2.28. The Morgan fingerprint density at radius 1 is 1.20 bits per heavy atom. The van der Waals surface area contributed by atoms with Gasteiger partial charge in [-0.25, -0.2) is 0 Å². The molecule has 2 aromatic rings. The average molecular weight is 274 g/mol. The summed E-state index contributed by atoms with van der Waals surface area (Å²) in [5.41, 5.74) is 6.50. The first-order valence-electron chi connectivity index (χ1n) is 5.78. The van der Waals surface area contributed by atoms with Gasteiger partial charge in [-0.05, 0) is 30.3 Å². The number of methoxy groups -OCH3 is 1. The van der Waals surface area contributed by atoms with Gasteiger partial charge in [0.15, 0.2) is 0 Å². The van der Waals surface area contributed by atoms with Crippen molar-refractivity contribution in [3.05, 3.63) is 42.0 Å². The second-order valence-corrected chi connectivity index (χ2v) is 4.12. The molecular weight excluding hydrogens is 260 g/mol. The predicted octanol–water partition coefficient (Wildman–Crippen LogP) is 1.94. The Morgan fingerprint density at radius 2 is 1.95 bits per heavy atom. The topological polar surface area (TPSA) is 105 Å². The van der Waals surface area contributed by atoms with E-state index in [1.807, 2.05) is 0 Å². The number of nitrogens with one attached hydrogen (secondary N) is 1. The fraction of sp³-hybridized carbons (Fsp3) is 0.0714. The molecule has 104 valence electrons. The maximum Gasteiger partial charge on any atom is 0.259 e. The highest BCUT2D eigenvalue weighted by Gasteiger charge is 2.14. The second-order valence-electron chi connectivity index (χ2n) is 4.12. The Labute approximate surface area is 115 Å². The normalized spacial score (nSPS) is 10.1. The Bertz CT molecular complexity index is 656. The molecule has 0 aliphatic rings. The molecule has 0 aromatic heterocycles. The minimum Gasteiger partial charge on any atom is -0.508 e. The number of benzene rings is 2. The average Bonchev–Trinajstić information content (AvgIpc) is 2.43. The second kappa shape index (κ2) is 5.40. The Kier molecular flexibility index (Phi) is 3.65. The van der Waals surface area contributed by atoms with E-state index in [2.05, 4.69) is 5.32 Å². The van der Waals surface area contributed by atoms with E-state index in [0.717, 1.165) is 0 Å². The van der Waals surface area contributed by atoms with Crippen LogP contribution in [-0.2, 0) is 0 Å². The summed E-state index contributed by atoms with van der Waals surface area (Å²) < 4.78 is 5.11. The third-order valence-corrected chi connectivity index (χ3v) is 2.70. The largest absolute Gasteiger partial charge is 0.508 e. The van der Waals surface area contributed by atoms with Crippen molar-refractivity contribution >= 4 is 17.3 Å². The summed E-state index contributed by atoms with van der Waals surface area (Å²) in [7, 11) is 1.45. The number of carbonyl (C=O) groups is 1. The van der Waals surface area contributed by atoms with Gasteiger partial charge in [-0.1, -0.05) is 0 Å². The van der Waals surface area contributed by atoms with Gasteiger partial charge in [0.25, 0.3) is 5.91 Å². The third kappa shape index (κ3) is 2.74. The number of hydrogen-bond donors (Lipinski definition) is 4. The van der Waals surface area contributed by atoms with Crippen LogP contribution >= 0.6 is 0 Å². The number of nitrogen functional groups attached to an aromatic ring is 1. The van der Waals surface area contributed by atoms with Crippen molar-refractivity contribution in [1.29, 1.82) is 0 Å². The Hall–Kier alpha value is -2.89. The molecule has 0 bridgehead atoms. The first kappa shape index (κ1) is 13.5. The number of carbonyl (C=O) groups excluding carboxylic acids is 1. The number of ether oxygens (including phenoxy) is 1. The first-order chi connectivity index (χ1) is 9.51. The lowest BCUT2D eigenvalue weighted by Gasteiger charge is -2.11. The number of hydrogen-bond acceptors (Lipinski definition) is 5. The Balaban J connectivity index is 2.30. The lowest BCUT2D eigenvalue weighted by Crippen LogP contribution is -2.13. The van der Waals surface area contributed by atoms with Crippen LogP contribution in [0.4, 0.5) is 11.4 Å². The summed E-state index contributed by atoms with van der Waals surface area (Å²) in [4.78, 5) is 12.1. The van der Waals surface area contributed by atoms with Gasteiger partial charge in [-0.2, -0.15) is 0 Å². The number of nitrogens with two attached hydrogens (primary N) is 1. The number of rotatable bonds is 3. The van der Waals surface area contributed by atoms with Crippen LogP contribution in [0.2, 0.25) is 0 Å². The van der Waals surface area contributed by atoms with E-state index in [-0.39, 0.29) is 17.1 Å². The van der Waals surface area contributed by atoms with Crippen molar-refractivity contribution in [2.24, 2.45) is 0 Å². The maximum atomic E-state index is 12.1. The highest BCUT2D eigenvalue weighted by atomic mass is 16.5.